The van der Waals surface area contributed by atoms with E-state index in [9.17, 15) is 20.4 Å². The van der Waals surface area contributed by atoms with Crippen LogP contribution in [0.4, 0.5) is 0 Å². The van der Waals surface area contributed by atoms with Gasteiger partial charge in [0.25, 0.3) is 0 Å². The van der Waals surface area contributed by atoms with Crippen molar-refractivity contribution >= 4 is 46.4 Å². The largest absolute Gasteiger partial charge is 2.00 e. The minimum Gasteiger partial charge on any atom is -0.657 e. The molecule has 67 heavy (non-hydrogen) atoms. The number of aliphatic hydroxyl groups excluding tert-OH is 4. The van der Waals surface area contributed by atoms with Gasteiger partial charge in [0.2, 0.25) is 0 Å². The quantitative estimate of drug-likeness (QED) is 0.105. The maximum Gasteiger partial charge on any atom is 2.00 e. The van der Waals surface area contributed by atoms with Gasteiger partial charge in [0.15, 0.2) is 6.29 Å². The normalized spacial score (nSPS) is 18.8. The van der Waals surface area contributed by atoms with Crippen molar-refractivity contribution < 1.29 is 49.4 Å². The molecule has 14 heteroatoms. The van der Waals surface area contributed by atoms with E-state index >= 15 is 0 Å². The second-order valence-corrected chi connectivity index (χ2v) is 16.2. The first-order valence-electron chi connectivity index (χ1n) is 21.6. The molecule has 1 fully saturated rings. The predicted molar refractivity (Wildman–Crippen MR) is 252 cm³/mol. The molecule has 0 radical (unpaired) electrons. The van der Waals surface area contributed by atoms with E-state index in [4.69, 9.17) is 29.4 Å². The van der Waals surface area contributed by atoms with Crippen LogP contribution in [-0.2, 0) is 35.6 Å². The molecule has 11 rings (SSSR count). The van der Waals surface area contributed by atoms with E-state index in [1.807, 2.05) is 103 Å². The SMILES string of the molecule is OC[C@H]1O[C@H](OCc2cn(-c3ccc(-c4c5nc(c(-c6ccccc6)c6ccc([n-]6)c(-c6ccccc6)c6nc(c(-c7ccccc7)c7ccc4[n-]7)C=C6)C=C5)cc3)nn2)[C@@H](O)[C@@H](O)[C@@H]1O.[Zn+2]. The molecule has 3 aliphatic rings. The van der Waals surface area contributed by atoms with Crippen molar-refractivity contribution in [3.8, 4) is 50.2 Å². The molecule has 1 saturated heterocycles. The van der Waals surface area contributed by atoms with Gasteiger partial charge >= 0.3 is 19.5 Å². The number of aliphatic hydroxyl groups is 4. The van der Waals surface area contributed by atoms with Gasteiger partial charge in [-0.15, -0.1) is 27.2 Å². The van der Waals surface area contributed by atoms with Crippen LogP contribution >= 0.6 is 0 Å². The number of rotatable bonds is 9. The maximum atomic E-state index is 10.4. The minimum absolute atomic E-state index is 0. The second kappa shape index (κ2) is 18.7. The summed E-state index contributed by atoms with van der Waals surface area (Å²) in [4.78, 5) is 21.4. The molecule has 0 amide bonds. The molecule has 4 aromatic carbocycles. The summed E-state index contributed by atoms with van der Waals surface area (Å²) in [5, 5.41) is 48.8. The van der Waals surface area contributed by atoms with Crippen LogP contribution in [0.1, 0.15) is 28.5 Å². The summed E-state index contributed by atoms with van der Waals surface area (Å²) in [6.07, 6.45) is 2.93. The molecule has 13 nitrogen and oxygen atoms in total. The fourth-order valence-corrected chi connectivity index (χ4v) is 8.73. The van der Waals surface area contributed by atoms with E-state index in [0.29, 0.717) is 11.4 Å². The minimum atomic E-state index is -1.55. The number of ether oxygens (including phenoxy) is 2. The Labute approximate surface area is 397 Å². The van der Waals surface area contributed by atoms with E-state index in [2.05, 4.69) is 71.0 Å². The van der Waals surface area contributed by atoms with Crippen molar-refractivity contribution in [2.45, 2.75) is 37.3 Å². The summed E-state index contributed by atoms with van der Waals surface area (Å²) in [5.74, 6) is 0. The first-order valence-corrected chi connectivity index (χ1v) is 21.6. The van der Waals surface area contributed by atoms with Crippen molar-refractivity contribution in [1.29, 1.82) is 0 Å². The van der Waals surface area contributed by atoms with Gasteiger partial charge in [-0.3, -0.25) is 0 Å². The van der Waals surface area contributed by atoms with Crippen molar-refractivity contribution in [3.63, 3.8) is 0 Å². The van der Waals surface area contributed by atoms with Crippen LogP contribution in [0.25, 0.3) is 96.6 Å². The molecule has 7 heterocycles. The van der Waals surface area contributed by atoms with E-state index in [1.54, 1.807) is 10.9 Å². The zero-order chi connectivity index (χ0) is 44.7. The Kier molecular flexibility index (Phi) is 12.3. The number of hydrogen-bond acceptors (Lipinski definition) is 10. The van der Waals surface area contributed by atoms with Gasteiger partial charge in [0.1, 0.15) is 30.1 Å². The number of fused-ring (bicyclic) bond motifs is 8. The van der Waals surface area contributed by atoms with Crippen LogP contribution in [0.5, 0.6) is 0 Å². The van der Waals surface area contributed by atoms with E-state index in [-0.39, 0.29) is 26.1 Å². The van der Waals surface area contributed by atoms with Crippen molar-refractivity contribution in [1.82, 2.24) is 34.9 Å². The van der Waals surface area contributed by atoms with Gasteiger partial charge in [-0.25, -0.2) is 14.6 Å². The first kappa shape index (κ1) is 43.9. The van der Waals surface area contributed by atoms with Gasteiger partial charge in [-0.1, -0.05) is 133 Å². The monoisotopic (exact) mass is 935 g/mol. The summed E-state index contributed by atoms with van der Waals surface area (Å²) in [6.45, 7) is -0.675. The van der Waals surface area contributed by atoms with Gasteiger partial charge in [-0.05, 0) is 80.9 Å². The number of aromatic nitrogens is 7. The third-order valence-electron chi connectivity index (χ3n) is 12.0. The van der Waals surface area contributed by atoms with Gasteiger partial charge in [0, 0.05) is 0 Å². The summed E-state index contributed by atoms with van der Waals surface area (Å²) in [5.41, 5.74) is 14.7. The average molecular weight is 937 g/mol. The molecule has 0 unspecified atom stereocenters. The van der Waals surface area contributed by atoms with Crippen LogP contribution in [0, 0.1) is 0 Å². The Morgan fingerprint density at radius 3 is 1.36 bits per heavy atom. The summed E-state index contributed by atoms with van der Waals surface area (Å²) >= 11 is 0. The standard InChI is InChI=1S/C53H41N7O6.Zn/c61-29-45-50(62)51(63)52(64)53(66-45)65-30-35-28-60(59-58-35)36-18-16-34(17-19-36)49-43-26-24-41(56-43)47(32-12-6-2-7-13-32)39-22-20-37(54-39)46(31-10-4-1-5-11-31)38-21-23-40(55-38)48(33-14-8-3-9-15-33)42-25-27-44(49)57-42;/h1-28,45,50-53,61-64H,29-30H2;/q-2;+2/t45-,50-,51+,52+,53+;/m1./s1. The number of nitrogens with zero attached hydrogens (tertiary/aromatic N) is 7. The third kappa shape index (κ3) is 8.41. The van der Waals surface area contributed by atoms with Gasteiger partial charge in [-0.2, -0.15) is 0 Å². The molecular formula is C53H41N7O6Zn. The predicted octanol–water partition coefficient (Wildman–Crippen LogP) is 7.48. The molecule has 0 aliphatic carbocycles. The second-order valence-electron chi connectivity index (χ2n) is 16.2. The van der Waals surface area contributed by atoms with Gasteiger partial charge < -0.3 is 39.9 Å². The zero-order valence-electron chi connectivity index (χ0n) is 35.9. The van der Waals surface area contributed by atoms with Crippen molar-refractivity contribution in [2.75, 3.05) is 6.61 Å². The molecular weight excluding hydrogens is 896 g/mol. The maximum absolute atomic E-state index is 10.4. The number of hydrogen-bond donors (Lipinski definition) is 4. The van der Waals surface area contributed by atoms with Crippen LogP contribution in [0.3, 0.4) is 0 Å². The Balaban J connectivity index is 0.00000525. The topological polar surface area (TPSA) is 184 Å². The van der Waals surface area contributed by atoms with Crippen LogP contribution < -0.4 is 9.97 Å². The Bertz CT molecular complexity index is 3260. The number of benzene rings is 4. The van der Waals surface area contributed by atoms with Crippen LogP contribution in [0.15, 0.2) is 146 Å². The molecule has 8 aromatic rings. The van der Waals surface area contributed by atoms with Crippen LogP contribution in [0.2, 0.25) is 0 Å². The zero-order valence-corrected chi connectivity index (χ0v) is 38.9. The Morgan fingerprint density at radius 1 is 0.522 bits per heavy atom. The molecule has 0 saturated carbocycles. The summed E-state index contributed by atoms with van der Waals surface area (Å²) in [6, 6.07) is 46.7. The smallest absolute Gasteiger partial charge is 0.657 e. The Hall–Kier alpha value is -7.00. The molecule has 326 valence electrons. The Morgan fingerprint density at radius 2 is 0.940 bits per heavy atom. The fourth-order valence-electron chi connectivity index (χ4n) is 8.73. The molecule has 3 aliphatic heterocycles. The fraction of sp³-hybridized carbons (Fsp3) is 0.132. The van der Waals surface area contributed by atoms with Crippen molar-refractivity contribution in [3.05, 3.63) is 174 Å². The molecule has 8 bridgehead atoms. The van der Waals surface area contributed by atoms with E-state index < -0.39 is 37.3 Å². The third-order valence-corrected chi connectivity index (χ3v) is 12.0. The first-order chi connectivity index (χ1) is 32.4. The molecule has 4 N–H and O–H groups in total. The van der Waals surface area contributed by atoms with E-state index in [1.165, 1.54) is 0 Å². The van der Waals surface area contributed by atoms with Crippen molar-refractivity contribution in [2.24, 2.45) is 0 Å². The van der Waals surface area contributed by atoms with Crippen LogP contribution in [-0.4, -0.2) is 82.7 Å². The van der Waals surface area contributed by atoms with E-state index in [0.717, 1.165) is 89.4 Å². The molecule has 0 spiro atoms. The summed E-state index contributed by atoms with van der Waals surface area (Å²) < 4.78 is 12.8. The average Bonchev–Trinajstić information content (AvgIpc) is 4.23. The molecule has 5 atom stereocenters. The van der Waals surface area contributed by atoms with Gasteiger partial charge in [0.05, 0.1) is 47.9 Å². The molecule has 4 aromatic heterocycles. The summed E-state index contributed by atoms with van der Waals surface area (Å²) in [7, 11) is 0.